The molecule has 0 atom stereocenters. The smallest absolute Gasteiger partial charge is 0.271 e. The monoisotopic (exact) mass is 284 g/mol. The van der Waals surface area contributed by atoms with Gasteiger partial charge in [-0.05, 0) is 12.8 Å². The molecule has 2 rings (SSSR count). The maximum atomic E-state index is 11.9. The van der Waals surface area contributed by atoms with Gasteiger partial charge in [-0.3, -0.25) is 4.79 Å². The van der Waals surface area contributed by atoms with Crippen LogP contribution in [0.1, 0.15) is 23.3 Å². The lowest BCUT2D eigenvalue weighted by atomic mass is 10.1. The average molecular weight is 284 g/mol. The number of nitrogens with zero attached hydrogens (tertiary/aromatic N) is 2. The Morgan fingerprint density at radius 1 is 1.26 bits per heavy atom. The Balaban J connectivity index is 1.94. The van der Waals surface area contributed by atoms with Crippen LogP contribution < -0.4 is 10.6 Å². The summed E-state index contributed by atoms with van der Waals surface area (Å²) in [5, 5.41) is 5.60. The molecule has 0 aliphatic carbocycles. The van der Waals surface area contributed by atoms with Crippen LogP contribution in [0, 0.1) is 0 Å². The van der Waals surface area contributed by atoms with Crippen molar-refractivity contribution in [1.82, 2.24) is 15.3 Å². The van der Waals surface area contributed by atoms with Crippen LogP contribution in [0.15, 0.2) is 12.4 Å². The number of carbonyl (C=O) groups is 1. The van der Waals surface area contributed by atoms with Gasteiger partial charge in [0.05, 0.1) is 23.9 Å². The van der Waals surface area contributed by atoms with Crippen molar-refractivity contribution in [2.45, 2.75) is 18.9 Å². The fourth-order valence-electron chi connectivity index (χ4n) is 1.87. The van der Waals surface area contributed by atoms with Crippen LogP contribution in [0.25, 0.3) is 0 Å². The van der Waals surface area contributed by atoms with Crippen molar-refractivity contribution in [3.05, 3.63) is 18.1 Å². The Kier molecular flexibility index (Phi) is 3.98. The third-order valence-electron chi connectivity index (χ3n) is 3.03. The Bertz CT molecular complexity index is 542. The quantitative estimate of drug-likeness (QED) is 0.799. The van der Waals surface area contributed by atoms with Gasteiger partial charge in [0.25, 0.3) is 5.91 Å². The minimum Gasteiger partial charge on any atom is -0.372 e. The van der Waals surface area contributed by atoms with Gasteiger partial charge in [-0.25, -0.2) is 18.4 Å². The molecular formula is C11H16N4O3S. The van der Waals surface area contributed by atoms with Crippen molar-refractivity contribution >= 4 is 21.6 Å². The average Bonchev–Trinajstić information content (AvgIpc) is 2.41. The van der Waals surface area contributed by atoms with Gasteiger partial charge in [0.2, 0.25) is 0 Å². The number of rotatable bonds is 3. The van der Waals surface area contributed by atoms with Crippen LogP contribution in [-0.2, 0) is 9.84 Å². The van der Waals surface area contributed by atoms with Crippen LogP contribution in [0.2, 0.25) is 0 Å². The van der Waals surface area contributed by atoms with Gasteiger partial charge in [-0.2, -0.15) is 0 Å². The molecule has 0 aromatic carbocycles. The van der Waals surface area contributed by atoms with Crippen LogP contribution in [0.3, 0.4) is 0 Å². The van der Waals surface area contributed by atoms with Gasteiger partial charge < -0.3 is 10.6 Å². The third kappa shape index (κ3) is 3.63. The zero-order valence-corrected chi connectivity index (χ0v) is 11.4. The Morgan fingerprint density at radius 2 is 1.95 bits per heavy atom. The topological polar surface area (TPSA) is 101 Å². The number of sulfone groups is 1. The molecule has 1 aromatic heterocycles. The predicted octanol–water partition coefficient (Wildman–Crippen LogP) is -0.175. The zero-order chi connectivity index (χ0) is 13.9. The molecule has 0 bridgehead atoms. The van der Waals surface area contributed by atoms with E-state index in [2.05, 4.69) is 20.6 Å². The van der Waals surface area contributed by atoms with Crippen molar-refractivity contribution in [2.24, 2.45) is 0 Å². The van der Waals surface area contributed by atoms with Crippen molar-refractivity contribution in [3.63, 3.8) is 0 Å². The van der Waals surface area contributed by atoms with E-state index in [4.69, 9.17) is 0 Å². The summed E-state index contributed by atoms with van der Waals surface area (Å²) in [7, 11) is -1.20. The second-order valence-electron chi connectivity index (χ2n) is 4.44. The second kappa shape index (κ2) is 5.52. The number of aromatic nitrogens is 2. The molecule has 1 aromatic rings. The lowest BCUT2D eigenvalue weighted by Crippen LogP contribution is -2.41. The van der Waals surface area contributed by atoms with Crippen molar-refractivity contribution < 1.29 is 13.2 Å². The molecular weight excluding hydrogens is 268 g/mol. The summed E-state index contributed by atoms with van der Waals surface area (Å²) in [6.45, 7) is 0. The van der Waals surface area contributed by atoms with Gasteiger partial charge in [0, 0.05) is 13.1 Å². The maximum absolute atomic E-state index is 11.9. The highest BCUT2D eigenvalue weighted by Crippen LogP contribution is 2.12. The van der Waals surface area contributed by atoms with Crippen molar-refractivity contribution in [3.8, 4) is 0 Å². The lowest BCUT2D eigenvalue weighted by Gasteiger charge is -2.22. The molecule has 104 valence electrons. The number of anilines is 1. The standard InChI is InChI=1S/C11H16N4O3S/c1-12-10-7-13-9(6-14-10)11(16)15-8-2-4-19(17,18)5-3-8/h6-8H,2-5H2,1H3,(H,12,14)(H,15,16). The molecule has 0 unspecified atom stereocenters. The molecule has 1 aliphatic rings. The minimum atomic E-state index is -2.91. The van der Waals surface area contributed by atoms with E-state index in [0.717, 1.165) is 0 Å². The fraction of sp³-hybridized carbons (Fsp3) is 0.545. The zero-order valence-electron chi connectivity index (χ0n) is 10.6. The van der Waals surface area contributed by atoms with E-state index in [1.165, 1.54) is 12.4 Å². The van der Waals surface area contributed by atoms with Gasteiger partial charge in [0.1, 0.15) is 21.3 Å². The first kappa shape index (κ1) is 13.7. The van der Waals surface area contributed by atoms with Gasteiger partial charge >= 0.3 is 0 Å². The molecule has 1 aliphatic heterocycles. The summed E-state index contributed by atoms with van der Waals surface area (Å²) in [4.78, 5) is 19.9. The summed E-state index contributed by atoms with van der Waals surface area (Å²) in [6.07, 6.45) is 3.77. The molecule has 0 spiro atoms. The van der Waals surface area contributed by atoms with E-state index in [-0.39, 0.29) is 29.1 Å². The first-order chi connectivity index (χ1) is 9.00. The maximum Gasteiger partial charge on any atom is 0.271 e. The van der Waals surface area contributed by atoms with Gasteiger partial charge in [0.15, 0.2) is 0 Å². The largest absolute Gasteiger partial charge is 0.372 e. The van der Waals surface area contributed by atoms with E-state index in [9.17, 15) is 13.2 Å². The van der Waals surface area contributed by atoms with E-state index < -0.39 is 9.84 Å². The lowest BCUT2D eigenvalue weighted by molar-refractivity contribution is 0.0929. The van der Waals surface area contributed by atoms with E-state index in [1.807, 2.05) is 0 Å². The summed E-state index contributed by atoms with van der Waals surface area (Å²) >= 11 is 0. The molecule has 1 amide bonds. The first-order valence-corrected chi connectivity index (χ1v) is 7.83. The molecule has 1 fully saturated rings. The van der Waals surface area contributed by atoms with Crippen molar-refractivity contribution in [2.75, 3.05) is 23.9 Å². The highest BCUT2D eigenvalue weighted by molar-refractivity contribution is 7.91. The second-order valence-corrected chi connectivity index (χ2v) is 6.74. The van der Waals surface area contributed by atoms with Gasteiger partial charge in [-0.1, -0.05) is 0 Å². The first-order valence-electron chi connectivity index (χ1n) is 6.01. The number of hydrogen-bond donors (Lipinski definition) is 2. The molecule has 1 saturated heterocycles. The van der Waals surface area contributed by atoms with Crippen LogP contribution in [0.5, 0.6) is 0 Å². The van der Waals surface area contributed by atoms with Gasteiger partial charge in [-0.15, -0.1) is 0 Å². The summed E-state index contributed by atoms with van der Waals surface area (Å²) in [6, 6.07) is -0.109. The summed E-state index contributed by atoms with van der Waals surface area (Å²) in [5.74, 6) is 0.518. The third-order valence-corrected chi connectivity index (χ3v) is 4.75. The molecule has 7 nitrogen and oxygen atoms in total. The van der Waals surface area contributed by atoms with Crippen LogP contribution >= 0.6 is 0 Å². The molecule has 19 heavy (non-hydrogen) atoms. The fourth-order valence-corrected chi connectivity index (χ4v) is 3.36. The van der Waals surface area contributed by atoms with Crippen LogP contribution in [0.4, 0.5) is 5.82 Å². The van der Waals surface area contributed by atoms with Crippen LogP contribution in [-0.4, -0.2) is 48.9 Å². The molecule has 8 heteroatoms. The molecule has 2 heterocycles. The van der Waals surface area contributed by atoms with E-state index in [1.54, 1.807) is 7.05 Å². The molecule has 0 radical (unpaired) electrons. The van der Waals surface area contributed by atoms with E-state index >= 15 is 0 Å². The number of amides is 1. The normalized spacial score (nSPS) is 18.8. The molecule has 2 N–H and O–H groups in total. The number of nitrogens with one attached hydrogen (secondary N) is 2. The predicted molar refractivity (Wildman–Crippen MR) is 70.7 cm³/mol. The minimum absolute atomic E-state index is 0.109. The summed E-state index contributed by atoms with van der Waals surface area (Å²) < 4.78 is 22.6. The Morgan fingerprint density at radius 3 is 2.47 bits per heavy atom. The Hall–Kier alpha value is -1.70. The highest BCUT2D eigenvalue weighted by atomic mass is 32.2. The highest BCUT2D eigenvalue weighted by Gasteiger charge is 2.25. The molecule has 0 saturated carbocycles. The Labute approximate surface area is 111 Å². The number of carbonyl (C=O) groups excluding carboxylic acids is 1. The number of hydrogen-bond acceptors (Lipinski definition) is 6. The SMILES string of the molecule is CNc1cnc(C(=O)NC2CCS(=O)(=O)CC2)cn1. The van der Waals surface area contributed by atoms with E-state index in [0.29, 0.717) is 18.7 Å². The summed E-state index contributed by atoms with van der Waals surface area (Å²) in [5.41, 5.74) is 0.229. The van der Waals surface area contributed by atoms with Crippen molar-refractivity contribution in [1.29, 1.82) is 0 Å².